The van der Waals surface area contributed by atoms with Crippen molar-refractivity contribution >= 4 is 28.3 Å². The summed E-state index contributed by atoms with van der Waals surface area (Å²) in [5, 5.41) is 12.0. The number of nitrogens with zero attached hydrogens (tertiary/aromatic N) is 4. The Morgan fingerprint density at radius 2 is 2.22 bits per heavy atom. The lowest BCUT2D eigenvalue weighted by atomic mass is 10.0. The molecule has 1 amide bonds. The van der Waals surface area contributed by atoms with E-state index in [2.05, 4.69) is 26.3 Å². The first-order valence-corrected chi connectivity index (χ1v) is 8.35. The lowest BCUT2D eigenvalue weighted by molar-refractivity contribution is -0.117. The van der Waals surface area contributed by atoms with E-state index in [1.807, 2.05) is 6.92 Å². The number of nitrogens with two attached hydrogens (primary N) is 1. The van der Waals surface area contributed by atoms with Crippen LogP contribution in [0.25, 0.3) is 22.0 Å². The highest BCUT2D eigenvalue weighted by Crippen LogP contribution is 2.38. The van der Waals surface area contributed by atoms with Gasteiger partial charge in [-0.1, -0.05) is 0 Å². The first-order chi connectivity index (χ1) is 13.0. The third-order valence-electron chi connectivity index (χ3n) is 4.70. The molecule has 0 bridgehead atoms. The van der Waals surface area contributed by atoms with Crippen molar-refractivity contribution in [3.8, 4) is 17.3 Å². The van der Waals surface area contributed by atoms with Crippen LogP contribution in [0.15, 0.2) is 30.7 Å². The topological polar surface area (TPSA) is 118 Å². The minimum atomic E-state index is -0.561. The second-order valence-electron chi connectivity index (χ2n) is 6.53. The van der Waals surface area contributed by atoms with Crippen LogP contribution in [0.3, 0.4) is 0 Å². The third-order valence-corrected chi connectivity index (χ3v) is 4.70. The van der Waals surface area contributed by atoms with E-state index in [4.69, 9.17) is 11.0 Å². The smallest absolute Gasteiger partial charge is 0.230 e. The van der Waals surface area contributed by atoms with E-state index in [9.17, 15) is 4.79 Å². The molecule has 1 aliphatic rings. The van der Waals surface area contributed by atoms with Crippen molar-refractivity contribution in [2.45, 2.75) is 13.3 Å². The van der Waals surface area contributed by atoms with Crippen molar-refractivity contribution in [3.63, 3.8) is 0 Å². The van der Waals surface area contributed by atoms with Crippen molar-refractivity contribution in [3.05, 3.63) is 42.1 Å². The molecule has 134 valence electrons. The Balaban J connectivity index is 1.76. The van der Waals surface area contributed by atoms with Crippen LogP contribution in [0.5, 0.6) is 0 Å². The molecule has 2 atom stereocenters. The van der Waals surface area contributed by atoms with Gasteiger partial charge < -0.3 is 11.1 Å². The Morgan fingerprint density at radius 1 is 1.41 bits per heavy atom. The van der Waals surface area contributed by atoms with E-state index in [-0.39, 0.29) is 40.5 Å². The predicted octanol–water partition coefficient (Wildman–Crippen LogP) is 2.82. The number of fused-ring (bicyclic) bond motifs is 1. The number of pyridine rings is 3. The highest BCUT2D eigenvalue weighted by Gasteiger charge is 2.43. The minimum Gasteiger partial charge on any atom is -0.383 e. The molecule has 3 N–H and O–H groups in total. The molecule has 27 heavy (non-hydrogen) atoms. The fraction of sp³-hybridized carbons (Fsp3) is 0.211. The zero-order valence-corrected chi connectivity index (χ0v) is 14.4. The number of amides is 1. The van der Waals surface area contributed by atoms with E-state index >= 15 is 4.39 Å². The number of aryl methyl sites for hydroxylation is 1. The lowest BCUT2D eigenvalue weighted by Crippen LogP contribution is -2.15. The van der Waals surface area contributed by atoms with Gasteiger partial charge in [0.15, 0.2) is 5.82 Å². The van der Waals surface area contributed by atoms with Gasteiger partial charge in [-0.15, -0.1) is 0 Å². The van der Waals surface area contributed by atoms with E-state index in [1.54, 1.807) is 12.3 Å². The summed E-state index contributed by atoms with van der Waals surface area (Å²) in [5.74, 6) is -1.11. The quantitative estimate of drug-likeness (QED) is 0.740. The number of rotatable bonds is 3. The molecule has 3 aromatic rings. The van der Waals surface area contributed by atoms with Gasteiger partial charge in [0.2, 0.25) is 5.91 Å². The second-order valence-corrected chi connectivity index (χ2v) is 6.53. The summed E-state index contributed by atoms with van der Waals surface area (Å²) in [6.45, 7) is 1.83. The van der Waals surface area contributed by atoms with E-state index in [0.29, 0.717) is 17.4 Å². The summed E-state index contributed by atoms with van der Waals surface area (Å²) in [4.78, 5) is 24.4. The number of carbonyl (C=O) groups is 1. The van der Waals surface area contributed by atoms with Crippen LogP contribution in [-0.4, -0.2) is 20.9 Å². The second kappa shape index (κ2) is 6.29. The standard InChI is InChI=1S/C19H15FN6O/c1-9-2-3-23-7-13(9)17-16(20)12-5-15(24-8-14(12)18(22)26-17)25-19(27)11-4-10(11)6-21/h2-3,5,7-8,10-11H,4H2,1H3,(H2,22,26)(H,24,25,27)/t10-,11?/m0/s1. The molecule has 3 aromatic heterocycles. The highest BCUT2D eigenvalue weighted by molar-refractivity contribution is 5.99. The Kier molecular flexibility index (Phi) is 3.92. The third kappa shape index (κ3) is 2.93. The molecule has 1 aliphatic carbocycles. The van der Waals surface area contributed by atoms with Gasteiger partial charge in [-0.2, -0.15) is 5.26 Å². The average Bonchev–Trinajstić information content (AvgIpc) is 3.45. The number of nitrogen functional groups attached to an aromatic ring is 1. The van der Waals surface area contributed by atoms with Crippen LogP contribution in [0.1, 0.15) is 12.0 Å². The fourth-order valence-electron chi connectivity index (χ4n) is 3.00. The first kappa shape index (κ1) is 16.8. The van der Waals surface area contributed by atoms with Crippen molar-refractivity contribution in [2.75, 3.05) is 11.1 Å². The van der Waals surface area contributed by atoms with E-state index in [1.165, 1.54) is 18.5 Å². The number of halogens is 1. The Morgan fingerprint density at radius 3 is 2.93 bits per heavy atom. The molecule has 3 heterocycles. The summed E-state index contributed by atoms with van der Waals surface area (Å²) in [7, 11) is 0. The molecule has 0 spiro atoms. The van der Waals surface area contributed by atoms with Gasteiger partial charge in [0.05, 0.1) is 17.9 Å². The number of nitrogens with one attached hydrogen (secondary N) is 1. The van der Waals surface area contributed by atoms with Gasteiger partial charge >= 0.3 is 0 Å². The SMILES string of the molecule is Cc1ccncc1-c1nc(N)c2cnc(NC(=O)C3C[C@H]3C#N)cc2c1F. The molecule has 8 heteroatoms. The fourth-order valence-corrected chi connectivity index (χ4v) is 3.00. The summed E-state index contributed by atoms with van der Waals surface area (Å²) in [6.07, 6.45) is 5.06. The number of carbonyl (C=O) groups excluding carboxylic acids is 1. The van der Waals surface area contributed by atoms with Crippen LogP contribution in [0.4, 0.5) is 16.0 Å². The molecule has 0 aliphatic heterocycles. The minimum absolute atomic E-state index is 0.0980. The molecule has 4 rings (SSSR count). The monoisotopic (exact) mass is 362 g/mol. The van der Waals surface area contributed by atoms with Gasteiger partial charge in [-0.25, -0.2) is 14.4 Å². The summed E-state index contributed by atoms with van der Waals surface area (Å²) in [6, 6.07) is 5.25. The van der Waals surface area contributed by atoms with Crippen LogP contribution in [0.2, 0.25) is 0 Å². The lowest BCUT2D eigenvalue weighted by Gasteiger charge is -2.11. The highest BCUT2D eigenvalue weighted by atomic mass is 19.1. The molecule has 0 aromatic carbocycles. The molecule has 1 unspecified atom stereocenters. The molecule has 7 nitrogen and oxygen atoms in total. The summed E-state index contributed by atoms with van der Waals surface area (Å²) in [5.41, 5.74) is 7.45. The van der Waals surface area contributed by atoms with Crippen LogP contribution in [-0.2, 0) is 4.79 Å². The van der Waals surface area contributed by atoms with Gasteiger partial charge in [-0.05, 0) is 31.0 Å². The van der Waals surface area contributed by atoms with Gasteiger partial charge in [0.1, 0.15) is 17.3 Å². The first-order valence-electron chi connectivity index (χ1n) is 8.35. The largest absolute Gasteiger partial charge is 0.383 e. The van der Waals surface area contributed by atoms with Crippen LogP contribution in [0, 0.1) is 35.9 Å². The van der Waals surface area contributed by atoms with Crippen LogP contribution >= 0.6 is 0 Å². The van der Waals surface area contributed by atoms with Crippen LogP contribution < -0.4 is 11.1 Å². The number of hydrogen-bond donors (Lipinski definition) is 2. The van der Waals surface area contributed by atoms with Gasteiger partial charge in [-0.3, -0.25) is 9.78 Å². The summed E-state index contributed by atoms with van der Waals surface area (Å²) < 4.78 is 15.2. The van der Waals surface area contributed by atoms with Crippen molar-refractivity contribution in [2.24, 2.45) is 11.8 Å². The molecule has 0 radical (unpaired) electrons. The number of hydrogen-bond acceptors (Lipinski definition) is 6. The van der Waals surface area contributed by atoms with E-state index in [0.717, 1.165) is 5.56 Å². The molecule has 1 saturated carbocycles. The van der Waals surface area contributed by atoms with Gasteiger partial charge in [0.25, 0.3) is 0 Å². The maximum absolute atomic E-state index is 15.2. The Labute approximate surface area is 154 Å². The molecule has 0 saturated heterocycles. The maximum Gasteiger partial charge on any atom is 0.230 e. The van der Waals surface area contributed by atoms with Crippen molar-refractivity contribution in [1.29, 1.82) is 5.26 Å². The molecule has 1 fully saturated rings. The Bertz CT molecular complexity index is 1120. The number of nitriles is 1. The van der Waals surface area contributed by atoms with E-state index < -0.39 is 5.82 Å². The predicted molar refractivity (Wildman–Crippen MR) is 97.7 cm³/mol. The van der Waals surface area contributed by atoms with Crippen molar-refractivity contribution in [1.82, 2.24) is 15.0 Å². The molecular weight excluding hydrogens is 347 g/mol. The number of anilines is 2. The Hall–Kier alpha value is -3.60. The zero-order chi connectivity index (χ0) is 19.1. The van der Waals surface area contributed by atoms with Gasteiger partial charge in [0, 0.05) is 34.9 Å². The average molecular weight is 362 g/mol. The molecular formula is C19H15FN6O. The normalized spacial score (nSPS) is 18.1. The maximum atomic E-state index is 15.2. The zero-order valence-electron chi connectivity index (χ0n) is 14.4. The van der Waals surface area contributed by atoms with Crippen molar-refractivity contribution < 1.29 is 9.18 Å². The summed E-state index contributed by atoms with van der Waals surface area (Å²) >= 11 is 0. The number of aromatic nitrogens is 3.